The van der Waals surface area contributed by atoms with Crippen molar-refractivity contribution in [1.29, 1.82) is 5.26 Å². The molecule has 20 heavy (non-hydrogen) atoms. The van der Waals surface area contributed by atoms with E-state index in [4.69, 9.17) is 10.00 Å². The first-order chi connectivity index (χ1) is 9.74. The van der Waals surface area contributed by atoms with E-state index in [9.17, 15) is 4.79 Å². The van der Waals surface area contributed by atoms with E-state index >= 15 is 0 Å². The summed E-state index contributed by atoms with van der Waals surface area (Å²) in [6.45, 7) is 2.08. The van der Waals surface area contributed by atoms with Crippen molar-refractivity contribution in [1.82, 2.24) is 20.2 Å². The Morgan fingerprint density at radius 3 is 3.20 bits per heavy atom. The standard InChI is InChI=1S/C13H17N5O2/c1-20-13-10-7-18(6-3-11(10)16-9-17-13)8-12(19)15-5-2-4-14/h9H,2-3,5-8H2,1H3,(H,15,19). The van der Waals surface area contributed by atoms with Gasteiger partial charge in [-0.3, -0.25) is 9.69 Å². The minimum atomic E-state index is -0.0699. The van der Waals surface area contributed by atoms with E-state index in [1.54, 1.807) is 7.11 Å². The summed E-state index contributed by atoms with van der Waals surface area (Å²) in [5, 5.41) is 11.1. The first kappa shape index (κ1) is 14.2. The van der Waals surface area contributed by atoms with Crippen molar-refractivity contribution < 1.29 is 9.53 Å². The van der Waals surface area contributed by atoms with Crippen molar-refractivity contribution in [3.05, 3.63) is 17.6 Å². The molecule has 1 aromatic heterocycles. The smallest absolute Gasteiger partial charge is 0.234 e. The predicted molar refractivity (Wildman–Crippen MR) is 70.8 cm³/mol. The zero-order valence-electron chi connectivity index (χ0n) is 11.4. The number of hydrogen-bond acceptors (Lipinski definition) is 6. The number of nitriles is 1. The van der Waals surface area contributed by atoms with Gasteiger partial charge in [0.25, 0.3) is 0 Å². The maximum Gasteiger partial charge on any atom is 0.234 e. The van der Waals surface area contributed by atoms with Crippen molar-refractivity contribution in [2.24, 2.45) is 0 Å². The summed E-state index contributed by atoms with van der Waals surface area (Å²) in [6.07, 6.45) is 2.61. The summed E-state index contributed by atoms with van der Waals surface area (Å²) < 4.78 is 5.23. The highest BCUT2D eigenvalue weighted by Crippen LogP contribution is 2.23. The lowest BCUT2D eigenvalue weighted by molar-refractivity contribution is -0.122. The van der Waals surface area contributed by atoms with E-state index < -0.39 is 0 Å². The van der Waals surface area contributed by atoms with Gasteiger partial charge < -0.3 is 10.1 Å². The average molecular weight is 275 g/mol. The van der Waals surface area contributed by atoms with Crippen LogP contribution in [-0.2, 0) is 17.8 Å². The third-order valence-corrected chi connectivity index (χ3v) is 3.16. The highest BCUT2D eigenvalue weighted by Gasteiger charge is 2.22. The Labute approximate surface area is 117 Å². The Hall–Kier alpha value is -2.20. The minimum Gasteiger partial charge on any atom is -0.481 e. The fourth-order valence-corrected chi connectivity index (χ4v) is 2.20. The first-order valence-corrected chi connectivity index (χ1v) is 6.47. The summed E-state index contributed by atoms with van der Waals surface area (Å²) in [5.74, 6) is 0.504. The van der Waals surface area contributed by atoms with Crippen LogP contribution in [0.2, 0.25) is 0 Å². The molecular formula is C13H17N5O2. The summed E-state index contributed by atoms with van der Waals surface area (Å²) in [6, 6.07) is 1.99. The zero-order valence-corrected chi connectivity index (χ0v) is 11.4. The van der Waals surface area contributed by atoms with Gasteiger partial charge in [-0.25, -0.2) is 9.97 Å². The van der Waals surface area contributed by atoms with E-state index in [0.29, 0.717) is 31.9 Å². The highest BCUT2D eigenvalue weighted by molar-refractivity contribution is 5.78. The Morgan fingerprint density at radius 1 is 1.60 bits per heavy atom. The van der Waals surface area contributed by atoms with Crippen LogP contribution < -0.4 is 10.1 Å². The number of amides is 1. The van der Waals surface area contributed by atoms with E-state index in [1.165, 1.54) is 6.33 Å². The van der Waals surface area contributed by atoms with Crippen LogP contribution in [0.1, 0.15) is 17.7 Å². The minimum absolute atomic E-state index is 0.0699. The Balaban J connectivity index is 1.94. The molecule has 0 aromatic carbocycles. The topological polar surface area (TPSA) is 91.1 Å². The molecule has 1 N–H and O–H groups in total. The molecule has 1 aliphatic rings. The number of nitrogens with zero attached hydrogens (tertiary/aromatic N) is 4. The third kappa shape index (κ3) is 3.42. The van der Waals surface area contributed by atoms with Crippen LogP contribution in [0.15, 0.2) is 6.33 Å². The number of nitrogens with one attached hydrogen (secondary N) is 1. The molecule has 0 bridgehead atoms. The summed E-state index contributed by atoms with van der Waals surface area (Å²) in [5.41, 5.74) is 1.93. The van der Waals surface area contributed by atoms with Gasteiger partial charge >= 0.3 is 0 Å². The fourth-order valence-electron chi connectivity index (χ4n) is 2.20. The van der Waals surface area contributed by atoms with Gasteiger partial charge in [0.1, 0.15) is 6.33 Å². The molecule has 1 aliphatic heterocycles. The van der Waals surface area contributed by atoms with Gasteiger partial charge in [-0.15, -0.1) is 0 Å². The van der Waals surface area contributed by atoms with E-state index in [-0.39, 0.29) is 5.91 Å². The van der Waals surface area contributed by atoms with Crippen LogP contribution in [0.4, 0.5) is 0 Å². The Bertz CT molecular complexity index is 512. The van der Waals surface area contributed by atoms with Crippen LogP contribution in [0, 0.1) is 11.3 Å². The van der Waals surface area contributed by atoms with Crippen molar-refractivity contribution in [2.45, 2.75) is 19.4 Å². The summed E-state index contributed by atoms with van der Waals surface area (Å²) in [4.78, 5) is 22.1. The Kier molecular flexibility index (Phi) is 4.85. The van der Waals surface area contributed by atoms with E-state index in [0.717, 1.165) is 24.2 Å². The summed E-state index contributed by atoms with van der Waals surface area (Å²) in [7, 11) is 1.58. The normalized spacial score (nSPS) is 14.2. The van der Waals surface area contributed by atoms with Gasteiger partial charge in [0, 0.05) is 31.6 Å². The van der Waals surface area contributed by atoms with Gasteiger partial charge in [0.15, 0.2) is 0 Å². The molecule has 2 rings (SSSR count). The predicted octanol–water partition coefficient (Wildman–Crippen LogP) is -0.127. The van der Waals surface area contributed by atoms with Crippen molar-refractivity contribution in [3.63, 3.8) is 0 Å². The lowest BCUT2D eigenvalue weighted by Gasteiger charge is -2.27. The van der Waals surface area contributed by atoms with Crippen LogP contribution in [0.25, 0.3) is 0 Å². The number of carbonyl (C=O) groups is 1. The second-order valence-corrected chi connectivity index (χ2v) is 4.53. The van der Waals surface area contributed by atoms with Crippen LogP contribution in [0.3, 0.4) is 0 Å². The average Bonchev–Trinajstić information content (AvgIpc) is 2.47. The van der Waals surface area contributed by atoms with Crippen molar-refractivity contribution >= 4 is 5.91 Å². The molecule has 0 unspecified atom stereocenters. The van der Waals surface area contributed by atoms with Crippen LogP contribution in [-0.4, -0.2) is 47.5 Å². The maximum atomic E-state index is 11.7. The number of carbonyl (C=O) groups excluding carboxylic acids is 1. The van der Waals surface area contributed by atoms with Gasteiger partial charge in [-0.1, -0.05) is 0 Å². The molecule has 7 heteroatoms. The number of fused-ring (bicyclic) bond motifs is 1. The van der Waals surface area contributed by atoms with E-state index in [1.807, 2.05) is 11.0 Å². The highest BCUT2D eigenvalue weighted by atomic mass is 16.5. The molecule has 1 aromatic rings. The van der Waals surface area contributed by atoms with Crippen LogP contribution in [0.5, 0.6) is 5.88 Å². The maximum absolute atomic E-state index is 11.7. The second kappa shape index (κ2) is 6.82. The largest absolute Gasteiger partial charge is 0.481 e. The monoisotopic (exact) mass is 275 g/mol. The summed E-state index contributed by atoms with van der Waals surface area (Å²) >= 11 is 0. The van der Waals surface area contributed by atoms with Crippen molar-refractivity contribution in [2.75, 3.05) is 26.7 Å². The molecule has 0 saturated heterocycles. The lowest BCUT2D eigenvalue weighted by Crippen LogP contribution is -2.40. The quantitative estimate of drug-likeness (QED) is 0.753. The van der Waals surface area contributed by atoms with Crippen molar-refractivity contribution in [3.8, 4) is 11.9 Å². The number of hydrogen-bond donors (Lipinski definition) is 1. The molecule has 0 fully saturated rings. The molecule has 0 spiro atoms. The second-order valence-electron chi connectivity index (χ2n) is 4.53. The number of rotatable bonds is 5. The van der Waals surface area contributed by atoms with Crippen LogP contribution >= 0.6 is 0 Å². The molecule has 7 nitrogen and oxygen atoms in total. The van der Waals surface area contributed by atoms with Gasteiger partial charge in [0.05, 0.1) is 31.8 Å². The molecule has 0 saturated carbocycles. The lowest BCUT2D eigenvalue weighted by atomic mass is 10.1. The SMILES string of the molecule is COc1ncnc2c1CN(CC(=O)NCCC#N)CC2. The zero-order chi connectivity index (χ0) is 14.4. The molecule has 0 radical (unpaired) electrons. The fraction of sp³-hybridized carbons (Fsp3) is 0.538. The first-order valence-electron chi connectivity index (χ1n) is 6.47. The molecule has 2 heterocycles. The van der Waals surface area contributed by atoms with E-state index in [2.05, 4.69) is 15.3 Å². The number of methoxy groups -OCH3 is 1. The third-order valence-electron chi connectivity index (χ3n) is 3.16. The molecule has 0 aliphatic carbocycles. The van der Waals surface area contributed by atoms with Gasteiger partial charge in [-0.05, 0) is 0 Å². The molecule has 1 amide bonds. The molecular weight excluding hydrogens is 258 g/mol. The number of ether oxygens (including phenoxy) is 1. The van der Waals surface area contributed by atoms with Gasteiger partial charge in [0.2, 0.25) is 11.8 Å². The van der Waals surface area contributed by atoms with Gasteiger partial charge in [-0.2, -0.15) is 5.26 Å². The molecule has 0 atom stereocenters. The number of aromatic nitrogens is 2. The Morgan fingerprint density at radius 2 is 2.45 bits per heavy atom. The molecule has 106 valence electrons.